The van der Waals surface area contributed by atoms with Crippen LogP contribution in [-0.4, -0.2) is 55.2 Å². The van der Waals surface area contributed by atoms with Crippen molar-refractivity contribution in [3.63, 3.8) is 0 Å². The number of piperidine rings is 1. The monoisotopic (exact) mass is 509 g/mol. The topological polar surface area (TPSA) is 69.7 Å². The number of nitrogens with zero attached hydrogens (tertiary/aromatic N) is 2. The van der Waals surface area contributed by atoms with Crippen LogP contribution in [0.3, 0.4) is 0 Å². The van der Waals surface area contributed by atoms with Crippen molar-refractivity contribution in [2.45, 2.75) is 62.7 Å². The molecular formula is C25H30F3N3O3S. The van der Waals surface area contributed by atoms with E-state index in [1.807, 2.05) is 17.9 Å². The first kappa shape index (κ1) is 25.7. The highest BCUT2D eigenvalue weighted by Crippen LogP contribution is 2.37. The van der Waals surface area contributed by atoms with Crippen molar-refractivity contribution in [1.82, 2.24) is 9.21 Å². The zero-order chi connectivity index (χ0) is 25.4. The van der Waals surface area contributed by atoms with Crippen LogP contribution in [0.2, 0.25) is 0 Å². The molecule has 2 fully saturated rings. The standard InChI is InChI=1S/C25H30F3N3O3S/c1-17-4-3-5-23(14-17)35(33,34)31(21-6-7-21)22-8-10-30(11-9-22)16-24(32)29-20-13-18(2)12-19(15-20)25(26,27)28/h3-5,12-15,21-22H,6-11,16H2,1-2H3,(H,29,32). The fourth-order valence-electron chi connectivity index (χ4n) is 4.67. The summed E-state index contributed by atoms with van der Waals surface area (Å²) in [6, 6.07) is 10.3. The van der Waals surface area contributed by atoms with Gasteiger partial charge in [0.05, 0.1) is 17.0 Å². The number of nitrogens with one attached hydrogen (secondary N) is 1. The number of carbonyl (C=O) groups is 1. The number of amides is 1. The molecule has 35 heavy (non-hydrogen) atoms. The minimum absolute atomic E-state index is 0.0181. The van der Waals surface area contributed by atoms with Gasteiger partial charge in [-0.25, -0.2) is 8.42 Å². The summed E-state index contributed by atoms with van der Waals surface area (Å²) in [5, 5.41) is 2.57. The van der Waals surface area contributed by atoms with Crippen LogP contribution in [0.25, 0.3) is 0 Å². The number of hydrogen-bond acceptors (Lipinski definition) is 4. The van der Waals surface area contributed by atoms with Crippen LogP contribution < -0.4 is 5.32 Å². The average molecular weight is 510 g/mol. The summed E-state index contributed by atoms with van der Waals surface area (Å²) >= 11 is 0. The molecule has 2 aliphatic rings. The smallest absolute Gasteiger partial charge is 0.325 e. The van der Waals surface area contributed by atoms with E-state index in [1.165, 1.54) is 6.07 Å². The predicted molar refractivity (Wildman–Crippen MR) is 127 cm³/mol. The number of aryl methyl sites for hydroxylation is 2. The Labute approximate surface area is 204 Å². The van der Waals surface area contributed by atoms with Crippen molar-refractivity contribution in [1.29, 1.82) is 0 Å². The molecule has 190 valence electrons. The Hall–Kier alpha value is -2.43. The van der Waals surface area contributed by atoms with E-state index in [0.717, 1.165) is 30.5 Å². The molecule has 0 unspecified atom stereocenters. The lowest BCUT2D eigenvalue weighted by atomic mass is 10.0. The fraction of sp³-hybridized carbons (Fsp3) is 0.480. The zero-order valence-electron chi connectivity index (χ0n) is 19.8. The Balaban J connectivity index is 1.37. The Morgan fingerprint density at radius 3 is 2.26 bits per heavy atom. The van der Waals surface area contributed by atoms with E-state index in [-0.39, 0.29) is 24.3 Å². The quantitative estimate of drug-likeness (QED) is 0.593. The molecule has 1 heterocycles. The number of anilines is 1. The fourth-order valence-corrected chi connectivity index (χ4v) is 6.71. The van der Waals surface area contributed by atoms with Crippen LogP contribution in [0, 0.1) is 13.8 Å². The van der Waals surface area contributed by atoms with E-state index in [0.29, 0.717) is 36.4 Å². The van der Waals surface area contributed by atoms with Crippen LogP contribution in [0.4, 0.5) is 18.9 Å². The highest BCUT2D eigenvalue weighted by molar-refractivity contribution is 7.89. The number of rotatable bonds is 7. The molecule has 10 heteroatoms. The van der Waals surface area contributed by atoms with Gasteiger partial charge >= 0.3 is 6.18 Å². The summed E-state index contributed by atoms with van der Waals surface area (Å²) in [5.74, 6) is -0.395. The summed E-state index contributed by atoms with van der Waals surface area (Å²) in [6.45, 7) is 4.52. The molecule has 1 amide bonds. The van der Waals surface area contributed by atoms with Gasteiger partial charge in [-0.15, -0.1) is 0 Å². The molecule has 1 saturated heterocycles. The van der Waals surface area contributed by atoms with Crippen molar-refractivity contribution in [2.24, 2.45) is 0 Å². The molecule has 4 rings (SSSR count). The van der Waals surface area contributed by atoms with Gasteiger partial charge in [0.25, 0.3) is 0 Å². The molecule has 2 aromatic carbocycles. The number of sulfonamides is 1. The number of benzene rings is 2. The van der Waals surface area contributed by atoms with Gasteiger partial charge in [0.1, 0.15) is 0 Å². The molecule has 1 saturated carbocycles. The molecule has 0 atom stereocenters. The second kappa shape index (κ2) is 9.91. The predicted octanol–water partition coefficient (Wildman–Crippen LogP) is 4.58. The molecule has 0 spiro atoms. The maximum Gasteiger partial charge on any atom is 0.416 e. The van der Waals surface area contributed by atoms with Crippen molar-refractivity contribution in [3.8, 4) is 0 Å². The van der Waals surface area contributed by atoms with Crippen molar-refractivity contribution < 1.29 is 26.4 Å². The number of halogens is 3. The third-order valence-electron chi connectivity index (χ3n) is 6.44. The van der Waals surface area contributed by atoms with Crippen LogP contribution in [0.5, 0.6) is 0 Å². The second-order valence-corrected chi connectivity index (χ2v) is 11.4. The maximum atomic E-state index is 13.4. The molecule has 2 aromatic rings. The lowest BCUT2D eigenvalue weighted by Gasteiger charge is -2.37. The van der Waals surface area contributed by atoms with Gasteiger partial charge in [-0.3, -0.25) is 9.69 Å². The Morgan fingerprint density at radius 1 is 1.00 bits per heavy atom. The van der Waals surface area contributed by atoms with E-state index >= 15 is 0 Å². The molecule has 0 radical (unpaired) electrons. The minimum Gasteiger partial charge on any atom is -0.325 e. The SMILES string of the molecule is Cc1cc(NC(=O)CN2CCC(N(C3CC3)S(=O)(=O)c3cccc(C)c3)CC2)cc(C(F)(F)F)c1. The van der Waals surface area contributed by atoms with Crippen LogP contribution >= 0.6 is 0 Å². The summed E-state index contributed by atoms with van der Waals surface area (Å²) < 4.78 is 67.7. The van der Waals surface area contributed by atoms with Crippen molar-refractivity contribution >= 4 is 21.6 Å². The lowest BCUT2D eigenvalue weighted by Crippen LogP contribution is -2.49. The van der Waals surface area contributed by atoms with E-state index in [2.05, 4.69) is 5.32 Å². The van der Waals surface area contributed by atoms with Crippen LogP contribution in [0.15, 0.2) is 47.4 Å². The minimum atomic E-state index is -4.49. The first-order chi connectivity index (χ1) is 16.4. The molecular weight excluding hydrogens is 479 g/mol. The number of alkyl halides is 3. The third-order valence-corrected chi connectivity index (χ3v) is 8.45. The van der Waals surface area contributed by atoms with Gasteiger partial charge in [0, 0.05) is 30.9 Å². The molecule has 0 bridgehead atoms. The highest BCUT2D eigenvalue weighted by Gasteiger charge is 2.43. The maximum absolute atomic E-state index is 13.4. The third kappa shape index (κ3) is 6.23. The van der Waals surface area contributed by atoms with E-state index in [1.54, 1.807) is 29.4 Å². The summed E-state index contributed by atoms with van der Waals surface area (Å²) in [7, 11) is -3.62. The van der Waals surface area contributed by atoms with Gasteiger partial charge in [0.15, 0.2) is 0 Å². The molecule has 1 aliphatic carbocycles. The highest BCUT2D eigenvalue weighted by atomic mass is 32.2. The Morgan fingerprint density at radius 2 is 1.66 bits per heavy atom. The molecule has 0 aromatic heterocycles. The van der Waals surface area contributed by atoms with E-state index in [4.69, 9.17) is 0 Å². The van der Waals surface area contributed by atoms with E-state index < -0.39 is 27.7 Å². The summed E-state index contributed by atoms with van der Waals surface area (Å²) in [5.41, 5.74) is 0.606. The van der Waals surface area contributed by atoms with Crippen molar-refractivity contribution in [2.75, 3.05) is 25.0 Å². The largest absolute Gasteiger partial charge is 0.416 e. The summed E-state index contributed by atoms with van der Waals surface area (Å²) in [6.07, 6.45) is -1.59. The number of carbonyl (C=O) groups excluding carboxylic acids is 1. The average Bonchev–Trinajstić information content (AvgIpc) is 3.59. The lowest BCUT2D eigenvalue weighted by molar-refractivity contribution is -0.137. The first-order valence-corrected chi connectivity index (χ1v) is 13.2. The summed E-state index contributed by atoms with van der Waals surface area (Å²) in [4.78, 5) is 14.7. The molecule has 1 N–H and O–H groups in total. The second-order valence-electron chi connectivity index (χ2n) is 9.52. The Bertz CT molecular complexity index is 1190. The van der Waals surface area contributed by atoms with Crippen molar-refractivity contribution in [3.05, 3.63) is 59.2 Å². The van der Waals surface area contributed by atoms with Gasteiger partial charge in [0.2, 0.25) is 15.9 Å². The van der Waals surface area contributed by atoms with E-state index in [9.17, 15) is 26.4 Å². The van der Waals surface area contributed by atoms with Crippen LogP contribution in [-0.2, 0) is 21.0 Å². The van der Waals surface area contributed by atoms with Gasteiger partial charge in [-0.2, -0.15) is 17.5 Å². The number of hydrogen-bond donors (Lipinski definition) is 1. The zero-order valence-corrected chi connectivity index (χ0v) is 20.6. The first-order valence-electron chi connectivity index (χ1n) is 11.7. The van der Waals surface area contributed by atoms with Gasteiger partial charge in [-0.05, 0) is 81.0 Å². The van der Waals surface area contributed by atoms with Gasteiger partial charge in [-0.1, -0.05) is 12.1 Å². The van der Waals surface area contributed by atoms with Gasteiger partial charge < -0.3 is 5.32 Å². The molecule has 6 nitrogen and oxygen atoms in total. The Kier molecular flexibility index (Phi) is 7.26. The number of likely N-dealkylation sites (tertiary alicyclic amines) is 1. The normalized spacial score (nSPS) is 18.1. The van der Waals surface area contributed by atoms with Crippen LogP contribution in [0.1, 0.15) is 42.4 Å². The molecule has 1 aliphatic heterocycles.